The molecular weight excluding hydrogens is 334 g/mol. The molecule has 3 saturated heterocycles. The lowest BCUT2D eigenvalue weighted by atomic mass is 9.61. The summed E-state index contributed by atoms with van der Waals surface area (Å²) in [5.41, 5.74) is 0. The summed E-state index contributed by atoms with van der Waals surface area (Å²) in [5, 5.41) is 10.9. The van der Waals surface area contributed by atoms with Gasteiger partial charge in [0.25, 0.3) is 0 Å². The minimum Gasteiger partial charge on any atom is -0.391 e. The summed E-state index contributed by atoms with van der Waals surface area (Å²) in [7, 11) is 3.63. The first-order valence-corrected chi connectivity index (χ1v) is 10.4. The second kappa shape index (κ2) is 6.98. The van der Waals surface area contributed by atoms with Crippen molar-refractivity contribution in [3.8, 4) is 0 Å². The Labute approximate surface area is 156 Å². The minimum atomic E-state index is -0.249. The van der Waals surface area contributed by atoms with Crippen molar-refractivity contribution >= 4 is 0 Å². The number of ether oxygens (including phenoxy) is 4. The number of methoxy groups -OCH3 is 2. The first-order valence-electron chi connectivity index (χ1n) is 10.4. The average Bonchev–Trinajstić information content (AvgIpc) is 3.12. The van der Waals surface area contributed by atoms with Crippen molar-refractivity contribution in [1.29, 1.82) is 0 Å². The largest absolute Gasteiger partial charge is 0.391 e. The molecule has 0 bridgehead atoms. The predicted molar refractivity (Wildman–Crippen MR) is 94.6 cm³/mol. The van der Waals surface area contributed by atoms with Crippen LogP contribution in [0.25, 0.3) is 0 Å². The van der Waals surface area contributed by atoms with Gasteiger partial charge >= 0.3 is 0 Å². The van der Waals surface area contributed by atoms with Crippen molar-refractivity contribution in [1.82, 2.24) is 4.90 Å². The van der Waals surface area contributed by atoms with Crippen LogP contribution in [0.5, 0.6) is 0 Å². The van der Waals surface area contributed by atoms with Gasteiger partial charge < -0.3 is 24.1 Å². The maximum absolute atomic E-state index is 10.9. The molecule has 2 aliphatic carbocycles. The van der Waals surface area contributed by atoms with Crippen molar-refractivity contribution < 1.29 is 24.1 Å². The van der Waals surface area contributed by atoms with Gasteiger partial charge in [0.1, 0.15) is 6.79 Å². The van der Waals surface area contributed by atoms with E-state index in [0.717, 1.165) is 32.4 Å². The zero-order valence-corrected chi connectivity index (χ0v) is 16.0. The molecule has 148 valence electrons. The molecule has 0 aromatic carbocycles. The summed E-state index contributed by atoms with van der Waals surface area (Å²) in [6, 6.07) is 0.575. The van der Waals surface area contributed by atoms with Crippen LogP contribution in [-0.4, -0.2) is 80.7 Å². The lowest BCUT2D eigenvalue weighted by molar-refractivity contribution is -0.165. The lowest BCUT2D eigenvalue weighted by Crippen LogP contribution is -2.65. The highest BCUT2D eigenvalue weighted by Crippen LogP contribution is 2.50. The first-order chi connectivity index (χ1) is 12.7. The molecule has 5 rings (SSSR count). The molecule has 6 heteroatoms. The van der Waals surface area contributed by atoms with Crippen LogP contribution in [0.3, 0.4) is 0 Å². The van der Waals surface area contributed by atoms with E-state index in [2.05, 4.69) is 4.90 Å². The summed E-state index contributed by atoms with van der Waals surface area (Å²) in [4.78, 5) is 2.56. The minimum absolute atomic E-state index is 0.178. The van der Waals surface area contributed by atoms with Crippen molar-refractivity contribution in [2.45, 2.75) is 68.7 Å². The molecular formula is C20H33NO5. The number of aliphatic hydroxyl groups excluding tert-OH is 1. The van der Waals surface area contributed by atoms with E-state index < -0.39 is 0 Å². The molecule has 0 aromatic heterocycles. The van der Waals surface area contributed by atoms with E-state index in [1.54, 1.807) is 7.11 Å². The SMILES string of the molecule is COC1CCC2CC3C4CC5OCOC5CC4[C@@H](O)CN3CC2C1OC. The number of hydrogen-bond acceptors (Lipinski definition) is 6. The van der Waals surface area contributed by atoms with Gasteiger partial charge in [-0.25, -0.2) is 0 Å². The van der Waals surface area contributed by atoms with Gasteiger partial charge in [-0.15, -0.1) is 0 Å². The van der Waals surface area contributed by atoms with Crippen LogP contribution in [0.2, 0.25) is 0 Å². The van der Waals surface area contributed by atoms with E-state index in [1.165, 1.54) is 12.8 Å². The Morgan fingerprint density at radius 2 is 1.65 bits per heavy atom. The monoisotopic (exact) mass is 367 g/mol. The fourth-order valence-corrected chi connectivity index (χ4v) is 6.96. The van der Waals surface area contributed by atoms with E-state index in [4.69, 9.17) is 18.9 Å². The molecule has 9 unspecified atom stereocenters. The fourth-order valence-electron chi connectivity index (χ4n) is 6.96. The second-order valence-electron chi connectivity index (χ2n) is 9.13. The number of fused-ring (bicyclic) bond motifs is 5. The number of piperidine rings is 2. The number of hydrogen-bond donors (Lipinski definition) is 1. The van der Waals surface area contributed by atoms with Crippen LogP contribution in [0.1, 0.15) is 32.1 Å². The zero-order valence-electron chi connectivity index (χ0n) is 16.0. The summed E-state index contributed by atoms with van der Waals surface area (Å²) in [5.74, 6) is 2.12. The van der Waals surface area contributed by atoms with E-state index >= 15 is 0 Å². The summed E-state index contributed by atoms with van der Waals surface area (Å²) < 4.78 is 23.2. The smallest absolute Gasteiger partial charge is 0.147 e. The van der Waals surface area contributed by atoms with Crippen molar-refractivity contribution in [2.75, 3.05) is 34.1 Å². The lowest BCUT2D eigenvalue weighted by Gasteiger charge is -2.58. The normalized spacial score (nSPS) is 54.1. The third-order valence-corrected chi connectivity index (χ3v) is 8.20. The standard InChI is InChI=1S/C20H33NO5/c1-23-17-4-3-11-5-15-12-6-18-19(26-10-25-18)7-13(12)16(22)9-21(15)8-14(11)20(17)24-2/h11-20,22H,3-10H2,1-2H3/t11?,12?,13?,14?,15?,16-,17?,18?,19?,20?/m0/s1. The topological polar surface area (TPSA) is 60.4 Å². The van der Waals surface area contributed by atoms with E-state index in [-0.39, 0.29) is 30.5 Å². The molecule has 26 heavy (non-hydrogen) atoms. The Bertz CT molecular complexity index is 518. The predicted octanol–water partition coefficient (Wildman–Crippen LogP) is 1.26. The highest BCUT2D eigenvalue weighted by molar-refractivity contribution is 5.06. The second-order valence-corrected chi connectivity index (χ2v) is 9.13. The molecule has 0 radical (unpaired) electrons. The molecule has 0 aromatic rings. The van der Waals surface area contributed by atoms with Crippen molar-refractivity contribution in [3.63, 3.8) is 0 Å². The Morgan fingerprint density at radius 3 is 2.38 bits per heavy atom. The van der Waals surface area contributed by atoms with Gasteiger partial charge in [-0.3, -0.25) is 4.90 Å². The van der Waals surface area contributed by atoms with Gasteiger partial charge in [0, 0.05) is 39.3 Å². The van der Waals surface area contributed by atoms with Gasteiger partial charge in [0.15, 0.2) is 0 Å². The van der Waals surface area contributed by atoms with Crippen LogP contribution in [0.15, 0.2) is 0 Å². The van der Waals surface area contributed by atoms with Gasteiger partial charge in [-0.1, -0.05) is 0 Å². The Balaban J connectivity index is 1.36. The molecule has 6 nitrogen and oxygen atoms in total. The zero-order chi connectivity index (χ0) is 17.8. The van der Waals surface area contributed by atoms with Gasteiger partial charge in [-0.2, -0.15) is 0 Å². The van der Waals surface area contributed by atoms with E-state index in [1.807, 2.05) is 7.11 Å². The fraction of sp³-hybridized carbons (Fsp3) is 1.00. The summed E-state index contributed by atoms with van der Waals surface area (Å²) in [6.45, 7) is 2.25. The number of nitrogens with zero attached hydrogens (tertiary/aromatic N) is 1. The quantitative estimate of drug-likeness (QED) is 0.793. The first kappa shape index (κ1) is 17.8. The number of aliphatic hydroxyl groups is 1. The Kier molecular flexibility index (Phi) is 4.78. The van der Waals surface area contributed by atoms with Crippen LogP contribution >= 0.6 is 0 Å². The molecule has 0 amide bonds. The molecule has 10 atom stereocenters. The Morgan fingerprint density at radius 1 is 0.885 bits per heavy atom. The van der Waals surface area contributed by atoms with E-state index in [9.17, 15) is 5.11 Å². The molecule has 3 heterocycles. The molecule has 2 saturated carbocycles. The van der Waals surface area contributed by atoms with Gasteiger partial charge in [0.2, 0.25) is 0 Å². The van der Waals surface area contributed by atoms with E-state index in [0.29, 0.717) is 36.5 Å². The van der Waals surface area contributed by atoms with Gasteiger partial charge in [0.05, 0.1) is 30.5 Å². The third-order valence-electron chi connectivity index (χ3n) is 8.20. The van der Waals surface area contributed by atoms with Crippen LogP contribution in [0, 0.1) is 23.7 Å². The van der Waals surface area contributed by atoms with Crippen LogP contribution in [-0.2, 0) is 18.9 Å². The van der Waals surface area contributed by atoms with Crippen LogP contribution in [0.4, 0.5) is 0 Å². The highest BCUT2D eigenvalue weighted by atomic mass is 16.7. The molecule has 5 fully saturated rings. The summed E-state index contributed by atoms with van der Waals surface area (Å²) >= 11 is 0. The third kappa shape index (κ3) is 2.76. The molecule has 0 spiro atoms. The maximum Gasteiger partial charge on any atom is 0.147 e. The Hall–Kier alpha value is -0.240. The van der Waals surface area contributed by atoms with Crippen molar-refractivity contribution in [3.05, 3.63) is 0 Å². The molecule has 3 aliphatic heterocycles. The van der Waals surface area contributed by atoms with Gasteiger partial charge in [-0.05, 0) is 49.9 Å². The van der Waals surface area contributed by atoms with Crippen LogP contribution < -0.4 is 0 Å². The average molecular weight is 367 g/mol. The molecule has 5 aliphatic rings. The summed E-state index contributed by atoms with van der Waals surface area (Å²) in [6.07, 6.45) is 6.13. The van der Waals surface area contributed by atoms with Crippen molar-refractivity contribution in [2.24, 2.45) is 23.7 Å². The molecule has 1 N–H and O–H groups in total. The number of rotatable bonds is 2. The maximum atomic E-state index is 10.9. The highest BCUT2D eigenvalue weighted by Gasteiger charge is 2.54.